The molecule has 1 aliphatic heterocycles. The Labute approximate surface area is 117 Å². The predicted molar refractivity (Wildman–Crippen MR) is 72.8 cm³/mol. The van der Waals surface area contributed by atoms with E-state index in [1.165, 1.54) is 0 Å². The van der Waals surface area contributed by atoms with Gasteiger partial charge in [-0.1, -0.05) is 30.7 Å². The molecule has 2 amide bonds. The minimum absolute atomic E-state index is 0.137. The second-order valence-corrected chi connectivity index (χ2v) is 6.39. The molecule has 3 rings (SSSR count). The van der Waals surface area contributed by atoms with Crippen molar-refractivity contribution in [2.24, 2.45) is 11.3 Å². The number of nitrogens with one attached hydrogen (secondary N) is 1. The summed E-state index contributed by atoms with van der Waals surface area (Å²) in [5.74, 6) is 0.0692. The molecule has 0 bridgehead atoms. The molecular weight excluding hydrogens is 262 g/mol. The molecule has 1 unspecified atom stereocenters. The number of halogens is 1. The number of imide groups is 1. The van der Waals surface area contributed by atoms with Crippen molar-refractivity contribution in [1.29, 1.82) is 0 Å². The molecule has 1 spiro atoms. The Morgan fingerprint density at radius 2 is 1.84 bits per heavy atom. The summed E-state index contributed by atoms with van der Waals surface area (Å²) in [7, 11) is 0. The van der Waals surface area contributed by atoms with Crippen LogP contribution in [0.1, 0.15) is 37.7 Å². The molecule has 0 aromatic heterocycles. The smallest absolute Gasteiger partial charge is 0.234 e. The Kier molecular flexibility index (Phi) is 2.90. The van der Waals surface area contributed by atoms with Gasteiger partial charge in [0.1, 0.15) is 0 Å². The molecule has 2 aliphatic rings. The van der Waals surface area contributed by atoms with E-state index < -0.39 is 0 Å². The second-order valence-electron chi connectivity index (χ2n) is 5.95. The number of rotatable bonds is 1. The first-order valence-electron chi connectivity index (χ1n) is 6.59. The average Bonchev–Trinajstić information content (AvgIpc) is 2.28. The zero-order chi connectivity index (χ0) is 13.6. The van der Waals surface area contributed by atoms with E-state index in [-0.39, 0.29) is 23.1 Å². The summed E-state index contributed by atoms with van der Waals surface area (Å²) in [6, 6.07) is 7.40. The highest BCUT2D eigenvalue weighted by Crippen LogP contribution is 2.58. The number of carbonyl (C=O) groups excluding carboxylic acids is 2. The molecule has 1 aromatic carbocycles. The normalized spacial score (nSPS) is 34.0. The van der Waals surface area contributed by atoms with Crippen molar-refractivity contribution >= 4 is 23.4 Å². The van der Waals surface area contributed by atoms with E-state index in [0.29, 0.717) is 17.4 Å². The fourth-order valence-electron chi connectivity index (χ4n) is 3.82. The number of benzene rings is 1. The zero-order valence-electron chi connectivity index (χ0n) is 10.8. The van der Waals surface area contributed by atoms with Crippen molar-refractivity contribution in [3.8, 4) is 0 Å². The van der Waals surface area contributed by atoms with E-state index in [2.05, 4.69) is 12.2 Å². The fourth-order valence-corrected chi connectivity index (χ4v) is 3.95. The molecule has 1 saturated heterocycles. The SMILES string of the molecule is CC1CC2(CC(=O)NC(=O)C2c2ccc(Cl)cc2)C1. The summed E-state index contributed by atoms with van der Waals surface area (Å²) in [5, 5.41) is 3.13. The van der Waals surface area contributed by atoms with Crippen LogP contribution < -0.4 is 5.32 Å². The lowest BCUT2D eigenvalue weighted by Gasteiger charge is -2.52. The van der Waals surface area contributed by atoms with Crippen molar-refractivity contribution < 1.29 is 9.59 Å². The Morgan fingerprint density at radius 3 is 2.42 bits per heavy atom. The highest BCUT2D eigenvalue weighted by atomic mass is 35.5. The van der Waals surface area contributed by atoms with Gasteiger partial charge >= 0.3 is 0 Å². The third-order valence-corrected chi connectivity index (χ3v) is 4.62. The summed E-state index contributed by atoms with van der Waals surface area (Å²) in [5.41, 5.74) is 0.786. The van der Waals surface area contributed by atoms with Gasteiger partial charge in [0, 0.05) is 11.4 Å². The summed E-state index contributed by atoms with van der Waals surface area (Å²) >= 11 is 5.90. The summed E-state index contributed by atoms with van der Waals surface area (Å²) in [4.78, 5) is 23.9. The molecule has 1 heterocycles. The van der Waals surface area contributed by atoms with Gasteiger partial charge in [0.05, 0.1) is 5.92 Å². The number of carbonyl (C=O) groups is 2. The molecule has 2 fully saturated rings. The zero-order valence-corrected chi connectivity index (χ0v) is 11.5. The Balaban J connectivity index is 1.98. The summed E-state index contributed by atoms with van der Waals surface area (Å²) in [6.07, 6.45) is 2.34. The number of hydrogen-bond donors (Lipinski definition) is 1. The van der Waals surface area contributed by atoms with Crippen LogP contribution in [0.15, 0.2) is 24.3 Å². The molecule has 1 atom stereocenters. The predicted octanol–water partition coefficient (Wildman–Crippen LogP) is 2.89. The molecule has 19 heavy (non-hydrogen) atoms. The van der Waals surface area contributed by atoms with Gasteiger partial charge in [-0.05, 0) is 41.9 Å². The van der Waals surface area contributed by atoms with Gasteiger partial charge in [-0.15, -0.1) is 0 Å². The number of hydrogen-bond acceptors (Lipinski definition) is 2. The lowest BCUT2D eigenvalue weighted by Crippen LogP contribution is -2.55. The highest BCUT2D eigenvalue weighted by Gasteiger charge is 2.55. The summed E-state index contributed by atoms with van der Waals surface area (Å²) in [6.45, 7) is 2.17. The lowest BCUT2D eigenvalue weighted by atomic mass is 9.52. The van der Waals surface area contributed by atoms with Gasteiger partial charge < -0.3 is 0 Å². The average molecular weight is 278 g/mol. The molecular formula is C15H16ClNO2. The topological polar surface area (TPSA) is 46.2 Å². The minimum Gasteiger partial charge on any atom is -0.296 e. The van der Waals surface area contributed by atoms with Crippen molar-refractivity contribution in [1.82, 2.24) is 5.32 Å². The molecule has 100 valence electrons. The molecule has 1 saturated carbocycles. The first kappa shape index (κ1) is 12.7. The molecule has 1 aromatic rings. The van der Waals surface area contributed by atoms with Crippen molar-refractivity contribution in [2.45, 2.75) is 32.1 Å². The van der Waals surface area contributed by atoms with Crippen LogP contribution in [-0.2, 0) is 9.59 Å². The molecule has 0 radical (unpaired) electrons. The fraction of sp³-hybridized carbons (Fsp3) is 0.467. The van der Waals surface area contributed by atoms with E-state index in [4.69, 9.17) is 11.6 Å². The monoisotopic (exact) mass is 277 g/mol. The van der Waals surface area contributed by atoms with Crippen LogP contribution in [0.4, 0.5) is 0 Å². The van der Waals surface area contributed by atoms with Gasteiger partial charge in [0.15, 0.2) is 0 Å². The van der Waals surface area contributed by atoms with Crippen LogP contribution in [0.3, 0.4) is 0 Å². The van der Waals surface area contributed by atoms with Crippen LogP contribution >= 0.6 is 11.6 Å². The third kappa shape index (κ3) is 2.06. The molecule has 4 heteroatoms. The van der Waals surface area contributed by atoms with E-state index >= 15 is 0 Å². The highest BCUT2D eigenvalue weighted by molar-refractivity contribution is 6.30. The standard InChI is InChI=1S/C15H16ClNO2/c1-9-6-15(7-9)8-12(18)17-14(19)13(15)10-2-4-11(16)5-3-10/h2-5,9,13H,6-8H2,1H3,(H,17,18,19). The van der Waals surface area contributed by atoms with E-state index in [0.717, 1.165) is 18.4 Å². The van der Waals surface area contributed by atoms with E-state index in [9.17, 15) is 9.59 Å². The van der Waals surface area contributed by atoms with Gasteiger partial charge in [-0.3, -0.25) is 14.9 Å². The first-order chi connectivity index (χ1) is 9.00. The number of amides is 2. The summed E-state index contributed by atoms with van der Waals surface area (Å²) < 4.78 is 0. The van der Waals surface area contributed by atoms with Crippen LogP contribution in [0.5, 0.6) is 0 Å². The largest absolute Gasteiger partial charge is 0.296 e. The first-order valence-corrected chi connectivity index (χ1v) is 6.97. The van der Waals surface area contributed by atoms with E-state index in [1.807, 2.05) is 12.1 Å². The molecule has 1 N–H and O–H groups in total. The molecule has 3 nitrogen and oxygen atoms in total. The van der Waals surface area contributed by atoms with Crippen LogP contribution in [0.2, 0.25) is 5.02 Å². The maximum Gasteiger partial charge on any atom is 0.234 e. The lowest BCUT2D eigenvalue weighted by molar-refractivity contribution is -0.145. The van der Waals surface area contributed by atoms with Gasteiger partial charge in [0.2, 0.25) is 11.8 Å². The van der Waals surface area contributed by atoms with Crippen LogP contribution in [0, 0.1) is 11.3 Å². The Bertz CT molecular complexity index is 532. The third-order valence-electron chi connectivity index (χ3n) is 4.36. The second kappa shape index (κ2) is 4.34. The van der Waals surface area contributed by atoms with Gasteiger partial charge in [-0.25, -0.2) is 0 Å². The Morgan fingerprint density at radius 1 is 1.21 bits per heavy atom. The number of piperidine rings is 1. The Hall–Kier alpha value is -1.35. The molecule has 1 aliphatic carbocycles. The van der Waals surface area contributed by atoms with Crippen molar-refractivity contribution in [2.75, 3.05) is 0 Å². The van der Waals surface area contributed by atoms with Crippen LogP contribution in [0.25, 0.3) is 0 Å². The van der Waals surface area contributed by atoms with E-state index in [1.54, 1.807) is 12.1 Å². The quantitative estimate of drug-likeness (QED) is 0.803. The van der Waals surface area contributed by atoms with Crippen molar-refractivity contribution in [3.05, 3.63) is 34.9 Å². The maximum atomic E-state index is 12.2. The van der Waals surface area contributed by atoms with Gasteiger partial charge in [0.25, 0.3) is 0 Å². The van der Waals surface area contributed by atoms with Crippen LogP contribution in [-0.4, -0.2) is 11.8 Å². The van der Waals surface area contributed by atoms with Crippen molar-refractivity contribution in [3.63, 3.8) is 0 Å². The van der Waals surface area contributed by atoms with Gasteiger partial charge in [-0.2, -0.15) is 0 Å². The minimum atomic E-state index is -0.223. The maximum absolute atomic E-state index is 12.2.